The zero-order valence-electron chi connectivity index (χ0n) is 32.4. The summed E-state index contributed by atoms with van der Waals surface area (Å²) in [5, 5.41) is 9.76. The van der Waals surface area contributed by atoms with Gasteiger partial charge in [0.1, 0.15) is 6.61 Å². The summed E-state index contributed by atoms with van der Waals surface area (Å²) < 4.78 is 5.55. The molecule has 1 N–H and O–H groups in total. The number of carbonyl (C=O) groups excluding carboxylic acids is 2. The average Bonchev–Trinajstić information content (AvgIpc) is 3.06. The molecule has 1 unspecified atom stereocenters. The number of amides is 1. The number of alkyl halides is 1. The molecule has 0 saturated carbocycles. The van der Waals surface area contributed by atoms with E-state index in [0.717, 1.165) is 38.5 Å². The molecule has 284 valence electrons. The molecule has 0 aliphatic carbocycles. The molecule has 0 aliphatic rings. The maximum atomic E-state index is 12.6. The third-order valence-electron chi connectivity index (χ3n) is 8.45. The van der Waals surface area contributed by atoms with Gasteiger partial charge in [0.2, 0.25) is 5.91 Å². The topological polar surface area (TPSA) is 66.8 Å². The van der Waals surface area contributed by atoms with E-state index in [1.807, 2.05) is 13.8 Å². The van der Waals surface area contributed by atoms with Crippen LogP contribution < -0.4 is 0 Å². The Bertz CT molecular complexity index is 595. The van der Waals surface area contributed by atoms with Crippen LogP contribution in [0.1, 0.15) is 203 Å². The van der Waals surface area contributed by atoms with Gasteiger partial charge < -0.3 is 21.7 Å². The van der Waals surface area contributed by atoms with Crippen LogP contribution in [0.4, 0.5) is 0 Å². The van der Waals surface area contributed by atoms with Crippen LogP contribution in [-0.4, -0.2) is 52.5 Å². The maximum absolute atomic E-state index is 12.6. The van der Waals surface area contributed by atoms with E-state index in [4.69, 9.17) is 4.74 Å². The Morgan fingerprint density at radius 3 is 1.32 bits per heavy atom. The van der Waals surface area contributed by atoms with E-state index in [-0.39, 0.29) is 56.4 Å². The fourth-order valence-electron chi connectivity index (χ4n) is 5.44. The molecule has 7 heteroatoms. The van der Waals surface area contributed by atoms with Crippen molar-refractivity contribution in [1.29, 1.82) is 0 Å². The molecule has 0 spiro atoms. The number of esters is 1. The van der Waals surface area contributed by atoms with E-state index in [2.05, 4.69) is 50.5 Å². The number of hydrogen-bond acceptors (Lipinski definition) is 4. The largest absolute Gasteiger partial charge is 0.464 e. The number of carbonyl (C=O) groups is 2. The van der Waals surface area contributed by atoms with Gasteiger partial charge >= 0.3 is 5.97 Å². The second-order valence-electron chi connectivity index (χ2n) is 12.8. The number of aliphatic hydroxyl groups is 1. The van der Waals surface area contributed by atoms with E-state index in [9.17, 15) is 14.7 Å². The van der Waals surface area contributed by atoms with Crippen molar-refractivity contribution in [3.8, 4) is 0 Å². The van der Waals surface area contributed by atoms with Crippen molar-refractivity contribution in [2.45, 2.75) is 213 Å². The monoisotopic (exact) mass is 902 g/mol. The first kappa shape index (κ1) is 53.9. The molecule has 1 amide bonds. The Morgan fingerprint density at radius 1 is 0.660 bits per heavy atom. The summed E-state index contributed by atoms with van der Waals surface area (Å²) in [4.78, 5) is 26.0. The van der Waals surface area contributed by atoms with E-state index in [1.165, 1.54) is 116 Å². The fraction of sp³-hybridized carbons (Fsp3) is 0.925. The Morgan fingerprint density at radius 2 is 1.00 bits per heavy atom. The molecule has 0 rings (SSSR count). The summed E-state index contributed by atoms with van der Waals surface area (Å²) in [6, 6.07) is 0. The summed E-state index contributed by atoms with van der Waals surface area (Å²) in [6.45, 7) is 19.5. The van der Waals surface area contributed by atoms with Gasteiger partial charge in [-0.2, -0.15) is 0 Å². The fourth-order valence-corrected chi connectivity index (χ4v) is 5.73. The van der Waals surface area contributed by atoms with Crippen molar-refractivity contribution in [2.24, 2.45) is 5.92 Å². The first-order chi connectivity index (χ1) is 22.3. The number of rotatable bonds is 30. The zero-order chi connectivity index (χ0) is 35.3. The summed E-state index contributed by atoms with van der Waals surface area (Å²) in [7, 11) is 0. The Balaban J connectivity index is -0.000000414. The van der Waals surface area contributed by atoms with Gasteiger partial charge in [-0.15, -0.1) is 6.54 Å². The van der Waals surface area contributed by atoms with E-state index < -0.39 is 0 Å². The summed E-state index contributed by atoms with van der Waals surface area (Å²) >= 11 is 3.29. The minimum Gasteiger partial charge on any atom is -0.464 e. The molecule has 0 bridgehead atoms. The van der Waals surface area contributed by atoms with Crippen LogP contribution in [0.3, 0.4) is 0 Å². The molecular weight excluding hydrogens is 822 g/mol. The van der Waals surface area contributed by atoms with Crippen molar-refractivity contribution < 1.29 is 40.5 Å². The molecule has 0 aromatic heterocycles. The van der Waals surface area contributed by atoms with Crippen molar-refractivity contribution in [2.75, 3.05) is 19.7 Å². The summed E-state index contributed by atoms with van der Waals surface area (Å²) in [6.07, 6.45) is 29.0. The molecule has 0 aromatic carbocycles. The van der Waals surface area contributed by atoms with E-state index in [1.54, 1.807) is 11.8 Å². The zero-order valence-corrected chi connectivity index (χ0v) is 37.0. The maximum Gasteiger partial charge on any atom is 0.308 e. The van der Waals surface area contributed by atoms with Gasteiger partial charge in [0.25, 0.3) is 0 Å². The number of nitrogens with zero attached hydrogens (tertiary/aromatic N) is 1. The molecule has 1 atom stereocenters. The summed E-state index contributed by atoms with van der Waals surface area (Å²) in [5.74, 6) is -0.106. The first-order valence-electron chi connectivity index (χ1n) is 19.8. The average molecular weight is 904 g/mol. The molecule has 0 heterocycles. The van der Waals surface area contributed by atoms with Gasteiger partial charge in [-0.05, 0) is 32.6 Å². The minimum absolute atomic E-state index is 0. The van der Waals surface area contributed by atoms with Gasteiger partial charge in [0, 0.05) is 21.1 Å². The number of hydrogen-bond donors (Lipinski definition) is 1. The number of aliphatic hydroxyl groups excluding tert-OH is 1. The molecule has 0 radical (unpaired) electrons. The van der Waals surface area contributed by atoms with Crippen LogP contribution in [0.15, 0.2) is 0 Å². The minimum atomic E-state index is -0.246. The number of halogens is 1. The molecule has 0 aliphatic heterocycles. The molecule has 0 fully saturated rings. The van der Waals surface area contributed by atoms with E-state index in [0.29, 0.717) is 13.1 Å². The third-order valence-corrected chi connectivity index (χ3v) is 8.85. The van der Waals surface area contributed by atoms with Crippen molar-refractivity contribution in [3.05, 3.63) is 6.92 Å². The third kappa shape index (κ3) is 38.7. The van der Waals surface area contributed by atoms with Gasteiger partial charge in [0.05, 0.1) is 23.4 Å². The Labute approximate surface area is 317 Å². The molecule has 0 saturated heterocycles. The predicted molar refractivity (Wildman–Crippen MR) is 206 cm³/mol. The van der Waals surface area contributed by atoms with Crippen LogP contribution in [0, 0.1) is 12.8 Å². The van der Waals surface area contributed by atoms with Crippen LogP contribution in [-0.2, 0) is 35.4 Å². The Kier molecular flexibility index (Phi) is 50.5. The quantitative estimate of drug-likeness (QED) is 0.0338. The van der Waals surface area contributed by atoms with Crippen LogP contribution in [0.5, 0.6) is 0 Å². The van der Waals surface area contributed by atoms with Gasteiger partial charge in [0.15, 0.2) is 0 Å². The van der Waals surface area contributed by atoms with Crippen LogP contribution >= 0.6 is 15.9 Å². The molecular formula is C40H81BrNO4W-. The second kappa shape index (κ2) is 44.1. The molecule has 5 nitrogen and oxygen atoms in total. The van der Waals surface area contributed by atoms with Gasteiger partial charge in [-0.1, -0.05) is 186 Å². The predicted octanol–water partition coefficient (Wildman–Crippen LogP) is 12.4. The van der Waals surface area contributed by atoms with Gasteiger partial charge in [-0.3, -0.25) is 9.59 Å². The van der Waals surface area contributed by atoms with Crippen molar-refractivity contribution >= 4 is 27.8 Å². The summed E-state index contributed by atoms with van der Waals surface area (Å²) in [5.41, 5.74) is 0. The normalized spacial score (nSPS) is 11.2. The Hall–Kier alpha value is 0.0683. The SMILES string of the molecule is CC.CCCCCCCC(O)CCCCCCC.[CH2-]CN(CCOC(=O)C(CCCCCCC)CCCCCCC)C(=O)C(C)Br.[W]. The standard InChI is InChI=1S/C23H43BrNO3.C15H32O.C2H6.W/c1-5-8-10-12-14-16-21(17-15-13-11-9-6-2)23(27)28-19-18-25(7-3)22(26)20(4)24;1-3-5-7-9-11-13-15(16)14-12-10-8-6-4-2;1-2;/h20-21H,3,5-19H2,1-2,4H3;15-16H,3-14H2,1-2H3;1-2H3;/q-1;;;. The molecule has 0 aromatic rings. The molecule has 47 heavy (non-hydrogen) atoms. The second-order valence-corrected chi connectivity index (χ2v) is 14.1. The van der Waals surface area contributed by atoms with E-state index >= 15 is 0 Å². The van der Waals surface area contributed by atoms with Crippen LogP contribution in [0.2, 0.25) is 0 Å². The van der Waals surface area contributed by atoms with Crippen LogP contribution in [0.25, 0.3) is 0 Å². The van der Waals surface area contributed by atoms with Gasteiger partial charge in [-0.25, -0.2) is 0 Å². The van der Waals surface area contributed by atoms with Crippen molar-refractivity contribution in [1.82, 2.24) is 4.90 Å². The van der Waals surface area contributed by atoms with Crippen molar-refractivity contribution in [3.63, 3.8) is 0 Å². The smallest absolute Gasteiger partial charge is 0.308 e. The number of ether oxygens (including phenoxy) is 1. The number of unbranched alkanes of at least 4 members (excludes halogenated alkanes) is 16. The first-order valence-corrected chi connectivity index (χ1v) is 20.8.